The van der Waals surface area contributed by atoms with E-state index in [4.69, 9.17) is 4.74 Å². The van der Waals surface area contributed by atoms with Crippen LogP contribution in [0.15, 0.2) is 42.5 Å². The van der Waals surface area contributed by atoms with Gasteiger partial charge in [0.25, 0.3) is 0 Å². The lowest BCUT2D eigenvalue weighted by Crippen LogP contribution is -2.09. The fraction of sp³-hybridized carbons (Fsp3) is 0.294. The van der Waals surface area contributed by atoms with Crippen LogP contribution in [0.4, 0.5) is 5.69 Å². The topological polar surface area (TPSA) is 21.3 Å². The van der Waals surface area contributed by atoms with Crippen molar-refractivity contribution in [3.05, 3.63) is 53.6 Å². The summed E-state index contributed by atoms with van der Waals surface area (Å²) in [5, 5.41) is 3.39. The van der Waals surface area contributed by atoms with E-state index in [1.165, 1.54) is 5.56 Å². The molecule has 2 heteroatoms. The van der Waals surface area contributed by atoms with Crippen LogP contribution in [0.5, 0.6) is 11.5 Å². The lowest BCUT2D eigenvalue weighted by atomic mass is 10.2. The van der Waals surface area contributed by atoms with Gasteiger partial charge in [-0.2, -0.15) is 0 Å². The predicted octanol–water partition coefficient (Wildman–Crippen LogP) is 4.92. The summed E-state index contributed by atoms with van der Waals surface area (Å²) in [5.41, 5.74) is 3.50. The third-order valence-corrected chi connectivity index (χ3v) is 2.88. The summed E-state index contributed by atoms with van der Waals surface area (Å²) in [4.78, 5) is 0. The SMILES string of the molecule is Cc1ccc(Oc2ccc(NC(C)C)cc2C)cc1. The molecule has 0 heterocycles. The maximum Gasteiger partial charge on any atom is 0.130 e. The summed E-state index contributed by atoms with van der Waals surface area (Å²) in [6.45, 7) is 8.40. The van der Waals surface area contributed by atoms with E-state index in [0.717, 1.165) is 22.7 Å². The van der Waals surface area contributed by atoms with Crippen LogP contribution in [-0.2, 0) is 0 Å². The summed E-state index contributed by atoms with van der Waals surface area (Å²) >= 11 is 0. The number of ether oxygens (including phenoxy) is 1. The Labute approximate surface area is 115 Å². The monoisotopic (exact) mass is 255 g/mol. The average Bonchev–Trinajstić information content (AvgIpc) is 2.34. The van der Waals surface area contributed by atoms with Crippen molar-refractivity contribution in [1.82, 2.24) is 0 Å². The Bertz CT molecular complexity index is 544. The van der Waals surface area contributed by atoms with Crippen molar-refractivity contribution >= 4 is 5.69 Å². The van der Waals surface area contributed by atoms with Crippen molar-refractivity contribution < 1.29 is 4.74 Å². The van der Waals surface area contributed by atoms with E-state index in [-0.39, 0.29) is 0 Å². The van der Waals surface area contributed by atoms with Gasteiger partial charge in [0.2, 0.25) is 0 Å². The van der Waals surface area contributed by atoms with Crippen LogP contribution < -0.4 is 10.1 Å². The Balaban J connectivity index is 2.15. The van der Waals surface area contributed by atoms with Crippen molar-refractivity contribution in [1.29, 1.82) is 0 Å². The fourth-order valence-corrected chi connectivity index (χ4v) is 1.92. The zero-order valence-corrected chi connectivity index (χ0v) is 12.0. The van der Waals surface area contributed by atoms with Gasteiger partial charge >= 0.3 is 0 Å². The summed E-state index contributed by atoms with van der Waals surface area (Å²) in [5.74, 6) is 1.77. The van der Waals surface area contributed by atoms with E-state index < -0.39 is 0 Å². The lowest BCUT2D eigenvalue weighted by Gasteiger charge is -2.13. The molecule has 1 N–H and O–H groups in total. The molecule has 19 heavy (non-hydrogen) atoms. The van der Waals surface area contributed by atoms with Crippen LogP contribution >= 0.6 is 0 Å². The van der Waals surface area contributed by atoms with Crippen LogP contribution in [0.25, 0.3) is 0 Å². The first-order valence-electron chi connectivity index (χ1n) is 6.66. The van der Waals surface area contributed by atoms with Crippen molar-refractivity contribution in [2.75, 3.05) is 5.32 Å². The molecule has 0 spiro atoms. The molecule has 2 rings (SSSR count). The molecule has 2 aromatic carbocycles. The molecular weight excluding hydrogens is 234 g/mol. The summed E-state index contributed by atoms with van der Waals surface area (Å²) in [6, 6.07) is 14.7. The van der Waals surface area contributed by atoms with E-state index in [1.807, 2.05) is 18.2 Å². The third-order valence-electron chi connectivity index (χ3n) is 2.88. The van der Waals surface area contributed by atoms with Crippen LogP contribution in [-0.4, -0.2) is 6.04 Å². The number of benzene rings is 2. The molecule has 0 saturated heterocycles. The summed E-state index contributed by atoms with van der Waals surface area (Å²) < 4.78 is 5.90. The van der Waals surface area contributed by atoms with Crippen molar-refractivity contribution in [2.24, 2.45) is 0 Å². The number of rotatable bonds is 4. The molecular formula is C17H21NO. The lowest BCUT2D eigenvalue weighted by molar-refractivity contribution is 0.479. The summed E-state index contributed by atoms with van der Waals surface area (Å²) in [7, 11) is 0. The van der Waals surface area contributed by atoms with E-state index in [0.29, 0.717) is 6.04 Å². The van der Waals surface area contributed by atoms with Crippen LogP contribution in [0.2, 0.25) is 0 Å². The zero-order valence-electron chi connectivity index (χ0n) is 12.0. The minimum absolute atomic E-state index is 0.434. The van der Waals surface area contributed by atoms with Crippen molar-refractivity contribution in [3.63, 3.8) is 0 Å². The fourth-order valence-electron chi connectivity index (χ4n) is 1.92. The third kappa shape index (κ3) is 3.75. The second kappa shape index (κ2) is 5.79. The van der Waals surface area contributed by atoms with Gasteiger partial charge < -0.3 is 10.1 Å². The second-order valence-corrected chi connectivity index (χ2v) is 5.19. The second-order valence-electron chi connectivity index (χ2n) is 5.19. The molecule has 0 aliphatic rings. The van der Waals surface area contributed by atoms with Gasteiger partial charge in [0, 0.05) is 11.7 Å². The molecule has 100 valence electrons. The highest BCUT2D eigenvalue weighted by molar-refractivity contribution is 5.52. The molecule has 0 bridgehead atoms. The zero-order chi connectivity index (χ0) is 13.8. The van der Waals surface area contributed by atoms with E-state index in [1.54, 1.807) is 0 Å². The molecule has 0 fully saturated rings. The van der Waals surface area contributed by atoms with Crippen LogP contribution in [0.3, 0.4) is 0 Å². The molecule has 0 aliphatic heterocycles. The highest BCUT2D eigenvalue weighted by Gasteiger charge is 2.03. The Morgan fingerprint density at radius 2 is 1.63 bits per heavy atom. The van der Waals surface area contributed by atoms with Crippen LogP contribution in [0, 0.1) is 13.8 Å². The number of hydrogen-bond donors (Lipinski definition) is 1. The molecule has 0 radical (unpaired) electrons. The quantitative estimate of drug-likeness (QED) is 0.837. The molecule has 2 nitrogen and oxygen atoms in total. The molecule has 0 amide bonds. The summed E-state index contributed by atoms with van der Waals surface area (Å²) in [6.07, 6.45) is 0. The molecule has 0 aliphatic carbocycles. The largest absolute Gasteiger partial charge is 0.457 e. The molecule has 0 saturated carbocycles. The smallest absolute Gasteiger partial charge is 0.130 e. The standard InChI is InChI=1S/C17H21NO/c1-12(2)18-15-7-10-17(14(4)11-15)19-16-8-5-13(3)6-9-16/h5-12,18H,1-4H3. The predicted molar refractivity (Wildman–Crippen MR) is 81.2 cm³/mol. The van der Waals surface area contributed by atoms with Gasteiger partial charge in [-0.05, 0) is 63.6 Å². The molecule has 0 atom stereocenters. The van der Waals surface area contributed by atoms with Gasteiger partial charge in [0.1, 0.15) is 11.5 Å². The van der Waals surface area contributed by atoms with Gasteiger partial charge in [-0.3, -0.25) is 0 Å². The van der Waals surface area contributed by atoms with Gasteiger partial charge in [-0.25, -0.2) is 0 Å². The normalized spacial score (nSPS) is 10.6. The highest BCUT2D eigenvalue weighted by Crippen LogP contribution is 2.27. The molecule has 0 unspecified atom stereocenters. The van der Waals surface area contributed by atoms with Gasteiger partial charge in [-0.15, -0.1) is 0 Å². The Hall–Kier alpha value is -1.96. The first-order chi connectivity index (χ1) is 9.04. The van der Waals surface area contributed by atoms with Crippen LogP contribution in [0.1, 0.15) is 25.0 Å². The average molecular weight is 255 g/mol. The maximum atomic E-state index is 5.90. The Morgan fingerprint density at radius 3 is 2.21 bits per heavy atom. The minimum Gasteiger partial charge on any atom is -0.457 e. The number of anilines is 1. The van der Waals surface area contributed by atoms with E-state index >= 15 is 0 Å². The Morgan fingerprint density at radius 1 is 0.947 bits per heavy atom. The van der Waals surface area contributed by atoms with E-state index in [2.05, 4.69) is 57.3 Å². The van der Waals surface area contributed by atoms with Crippen molar-refractivity contribution in [2.45, 2.75) is 33.7 Å². The molecule has 2 aromatic rings. The number of aryl methyl sites for hydroxylation is 2. The highest BCUT2D eigenvalue weighted by atomic mass is 16.5. The van der Waals surface area contributed by atoms with Gasteiger partial charge in [-0.1, -0.05) is 17.7 Å². The molecule has 0 aromatic heterocycles. The first-order valence-corrected chi connectivity index (χ1v) is 6.66. The van der Waals surface area contributed by atoms with E-state index in [9.17, 15) is 0 Å². The first kappa shape index (κ1) is 13.5. The maximum absolute atomic E-state index is 5.90. The number of hydrogen-bond acceptors (Lipinski definition) is 2. The number of nitrogens with one attached hydrogen (secondary N) is 1. The minimum atomic E-state index is 0.434. The van der Waals surface area contributed by atoms with Crippen molar-refractivity contribution in [3.8, 4) is 11.5 Å². The Kier molecular flexibility index (Phi) is 4.10. The van der Waals surface area contributed by atoms with Gasteiger partial charge in [0.05, 0.1) is 0 Å². The van der Waals surface area contributed by atoms with Gasteiger partial charge in [0.15, 0.2) is 0 Å².